The number of nitro benzene ring substituents is 1. The highest BCUT2D eigenvalue weighted by molar-refractivity contribution is 5.62. The van der Waals surface area contributed by atoms with Crippen LogP contribution in [-0.2, 0) is 6.61 Å². The number of rotatable bonds is 5. The van der Waals surface area contributed by atoms with E-state index < -0.39 is 4.92 Å². The number of halogens is 1. The fourth-order valence-electron chi connectivity index (χ4n) is 1.78. The maximum Gasteiger partial charge on any atom is 0.293 e. The van der Waals surface area contributed by atoms with Crippen LogP contribution in [0.1, 0.15) is 11.1 Å². The van der Waals surface area contributed by atoms with Crippen LogP contribution in [0.4, 0.5) is 15.8 Å². The molecular weight excluding hydrogens is 277 g/mol. The molecule has 2 rings (SSSR count). The molecule has 0 radical (unpaired) electrons. The van der Waals surface area contributed by atoms with Gasteiger partial charge in [0.2, 0.25) is 0 Å². The van der Waals surface area contributed by atoms with E-state index in [1.165, 1.54) is 18.2 Å². The summed E-state index contributed by atoms with van der Waals surface area (Å²) in [7, 11) is 0. The van der Waals surface area contributed by atoms with Gasteiger partial charge in [0.25, 0.3) is 5.69 Å². The van der Waals surface area contributed by atoms with Crippen molar-refractivity contribution in [3.05, 3.63) is 63.5 Å². The number of nitro groups is 1. The van der Waals surface area contributed by atoms with E-state index in [-0.39, 0.29) is 23.8 Å². The number of anilines is 1. The smallest absolute Gasteiger partial charge is 0.293 e. The lowest BCUT2D eigenvalue weighted by molar-refractivity contribution is -0.384. The number of benzene rings is 2. The van der Waals surface area contributed by atoms with E-state index in [4.69, 9.17) is 10.6 Å². The fourth-order valence-corrected chi connectivity index (χ4v) is 1.78. The van der Waals surface area contributed by atoms with Crippen LogP contribution >= 0.6 is 0 Å². The largest absolute Gasteiger partial charge is 0.489 e. The Morgan fingerprint density at radius 1 is 1.33 bits per heavy atom. The predicted octanol–water partition coefficient (Wildman–Crippen LogP) is 2.91. The van der Waals surface area contributed by atoms with Crippen LogP contribution in [0.2, 0.25) is 0 Å². The highest BCUT2D eigenvalue weighted by Crippen LogP contribution is 2.25. The zero-order chi connectivity index (χ0) is 15.4. The van der Waals surface area contributed by atoms with Crippen LogP contribution < -0.4 is 16.0 Å². The Morgan fingerprint density at radius 2 is 2.10 bits per heavy atom. The number of hydrazine groups is 1. The van der Waals surface area contributed by atoms with Crippen LogP contribution in [0.25, 0.3) is 0 Å². The molecule has 0 heterocycles. The Labute approximate surface area is 120 Å². The fraction of sp³-hybridized carbons (Fsp3) is 0.143. The Kier molecular flexibility index (Phi) is 4.34. The lowest BCUT2D eigenvalue weighted by Gasteiger charge is -2.09. The number of nitrogens with one attached hydrogen (secondary N) is 1. The van der Waals surface area contributed by atoms with Gasteiger partial charge in [-0.1, -0.05) is 6.07 Å². The van der Waals surface area contributed by atoms with E-state index in [1.54, 1.807) is 25.1 Å². The maximum absolute atomic E-state index is 13.4. The van der Waals surface area contributed by atoms with Crippen molar-refractivity contribution in [1.82, 2.24) is 0 Å². The zero-order valence-corrected chi connectivity index (χ0v) is 11.3. The minimum absolute atomic E-state index is 0.123. The van der Waals surface area contributed by atoms with Crippen molar-refractivity contribution in [2.45, 2.75) is 13.5 Å². The number of hydrogen-bond acceptors (Lipinski definition) is 5. The monoisotopic (exact) mass is 291 g/mol. The normalized spacial score (nSPS) is 10.2. The number of nitrogens with zero attached hydrogens (tertiary/aromatic N) is 1. The van der Waals surface area contributed by atoms with Gasteiger partial charge in [-0.2, -0.15) is 0 Å². The first kappa shape index (κ1) is 14.7. The van der Waals surface area contributed by atoms with E-state index in [9.17, 15) is 14.5 Å². The molecule has 0 aliphatic rings. The van der Waals surface area contributed by atoms with E-state index in [0.717, 1.165) is 0 Å². The van der Waals surface area contributed by atoms with Crippen molar-refractivity contribution in [1.29, 1.82) is 0 Å². The lowest BCUT2D eigenvalue weighted by Crippen LogP contribution is -2.10. The Hall–Kier alpha value is -2.67. The second kappa shape index (κ2) is 6.19. The summed E-state index contributed by atoms with van der Waals surface area (Å²) < 4.78 is 18.8. The van der Waals surface area contributed by atoms with Crippen LogP contribution in [0, 0.1) is 22.9 Å². The topological polar surface area (TPSA) is 90.4 Å². The first-order valence-electron chi connectivity index (χ1n) is 6.14. The summed E-state index contributed by atoms with van der Waals surface area (Å²) in [5, 5.41) is 10.8. The van der Waals surface area contributed by atoms with Gasteiger partial charge in [-0.15, -0.1) is 0 Å². The third-order valence-electron chi connectivity index (χ3n) is 2.96. The second-order valence-electron chi connectivity index (χ2n) is 4.45. The number of aryl methyl sites for hydroxylation is 1. The molecule has 0 unspecified atom stereocenters. The molecule has 2 aromatic carbocycles. The second-order valence-corrected chi connectivity index (χ2v) is 4.45. The summed E-state index contributed by atoms with van der Waals surface area (Å²) in [5.41, 5.74) is 3.55. The van der Waals surface area contributed by atoms with E-state index >= 15 is 0 Å². The number of nitrogens with two attached hydrogens (primary N) is 1. The van der Waals surface area contributed by atoms with Crippen molar-refractivity contribution in [3.63, 3.8) is 0 Å². The van der Waals surface area contributed by atoms with Gasteiger partial charge < -0.3 is 10.2 Å². The molecule has 3 N–H and O–H groups in total. The predicted molar refractivity (Wildman–Crippen MR) is 76.4 cm³/mol. The molecule has 21 heavy (non-hydrogen) atoms. The van der Waals surface area contributed by atoms with Crippen LogP contribution in [-0.4, -0.2) is 4.92 Å². The molecule has 0 aliphatic heterocycles. The van der Waals surface area contributed by atoms with Gasteiger partial charge in [0.1, 0.15) is 23.9 Å². The third kappa shape index (κ3) is 3.46. The van der Waals surface area contributed by atoms with E-state index in [2.05, 4.69) is 5.43 Å². The summed E-state index contributed by atoms with van der Waals surface area (Å²) >= 11 is 0. The summed E-state index contributed by atoms with van der Waals surface area (Å²) in [6, 6.07) is 8.98. The van der Waals surface area contributed by atoms with Crippen molar-refractivity contribution in [2.24, 2.45) is 5.84 Å². The van der Waals surface area contributed by atoms with Crippen molar-refractivity contribution in [2.75, 3.05) is 5.43 Å². The molecule has 0 saturated carbocycles. The molecule has 0 aliphatic carbocycles. The lowest BCUT2D eigenvalue weighted by atomic mass is 10.2. The third-order valence-corrected chi connectivity index (χ3v) is 2.96. The Bertz CT molecular complexity index is 677. The SMILES string of the molecule is Cc1ccc(OCc2ccc([N+](=O)[O-])c(NN)c2)cc1F. The summed E-state index contributed by atoms with van der Waals surface area (Å²) in [6.07, 6.45) is 0. The van der Waals surface area contributed by atoms with Crippen LogP contribution in [0.5, 0.6) is 5.75 Å². The number of ether oxygens (including phenoxy) is 1. The number of hydrogen-bond donors (Lipinski definition) is 2. The molecule has 0 atom stereocenters. The standard InChI is InChI=1S/C14H14FN3O3/c1-9-2-4-11(7-12(9)15)21-8-10-3-5-14(18(19)20)13(6-10)17-16/h2-7,17H,8,16H2,1H3. The van der Waals surface area contributed by atoms with Gasteiger partial charge in [-0.3, -0.25) is 16.0 Å². The van der Waals surface area contributed by atoms with Crippen LogP contribution in [0.15, 0.2) is 36.4 Å². The molecular formula is C14H14FN3O3. The summed E-state index contributed by atoms with van der Waals surface area (Å²) in [4.78, 5) is 10.2. The van der Waals surface area contributed by atoms with E-state index in [0.29, 0.717) is 16.9 Å². The summed E-state index contributed by atoms with van der Waals surface area (Å²) in [6.45, 7) is 1.81. The average Bonchev–Trinajstić information content (AvgIpc) is 2.48. The molecule has 0 bridgehead atoms. The van der Waals surface area contributed by atoms with Gasteiger partial charge in [0, 0.05) is 12.1 Å². The average molecular weight is 291 g/mol. The van der Waals surface area contributed by atoms with Crippen molar-refractivity contribution >= 4 is 11.4 Å². The minimum atomic E-state index is -0.533. The molecule has 110 valence electrons. The van der Waals surface area contributed by atoms with Crippen LogP contribution in [0.3, 0.4) is 0 Å². The highest BCUT2D eigenvalue weighted by Gasteiger charge is 2.13. The maximum atomic E-state index is 13.4. The van der Waals surface area contributed by atoms with Gasteiger partial charge >= 0.3 is 0 Å². The zero-order valence-electron chi connectivity index (χ0n) is 11.3. The molecule has 0 fully saturated rings. The molecule has 7 heteroatoms. The van der Waals surface area contributed by atoms with Gasteiger partial charge in [0.15, 0.2) is 0 Å². The molecule has 0 saturated heterocycles. The molecule has 0 spiro atoms. The number of nitrogen functional groups attached to an aromatic ring is 1. The van der Waals surface area contributed by atoms with Gasteiger partial charge in [-0.25, -0.2) is 4.39 Å². The van der Waals surface area contributed by atoms with Gasteiger partial charge in [0.05, 0.1) is 4.92 Å². The van der Waals surface area contributed by atoms with Crippen molar-refractivity contribution < 1.29 is 14.1 Å². The Balaban J connectivity index is 2.13. The summed E-state index contributed by atoms with van der Waals surface area (Å²) in [5.74, 6) is 5.30. The quantitative estimate of drug-likeness (QED) is 0.502. The molecule has 2 aromatic rings. The van der Waals surface area contributed by atoms with Crippen molar-refractivity contribution in [3.8, 4) is 5.75 Å². The Morgan fingerprint density at radius 3 is 2.71 bits per heavy atom. The molecule has 0 aromatic heterocycles. The van der Waals surface area contributed by atoms with Gasteiger partial charge in [-0.05, 0) is 36.2 Å². The molecule has 0 amide bonds. The highest BCUT2D eigenvalue weighted by atomic mass is 19.1. The minimum Gasteiger partial charge on any atom is -0.489 e. The van der Waals surface area contributed by atoms with E-state index in [1.807, 2.05) is 0 Å². The first-order chi connectivity index (χ1) is 10.0. The molecule has 6 nitrogen and oxygen atoms in total. The first-order valence-corrected chi connectivity index (χ1v) is 6.14.